The molecule has 1 N–H and O–H groups in total. The van der Waals surface area contributed by atoms with E-state index < -0.39 is 6.04 Å². The van der Waals surface area contributed by atoms with Crippen LogP contribution in [0.5, 0.6) is 0 Å². The summed E-state index contributed by atoms with van der Waals surface area (Å²) in [6.45, 7) is 4.17. The predicted octanol–water partition coefficient (Wildman–Crippen LogP) is 4.41. The molecule has 1 unspecified atom stereocenters. The summed E-state index contributed by atoms with van der Waals surface area (Å²) < 4.78 is 12.7. The van der Waals surface area contributed by atoms with Crippen molar-refractivity contribution < 1.29 is 13.9 Å². The van der Waals surface area contributed by atoms with Crippen LogP contribution in [0.3, 0.4) is 0 Å². The Balaban J connectivity index is 1.64. The van der Waals surface area contributed by atoms with Gasteiger partial charge in [-0.15, -0.1) is 5.10 Å². The summed E-state index contributed by atoms with van der Waals surface area (Å²) in [5, 5.41) is 8.47. The van der Waals surface area contributed by atoms with Crippen molar-refractivity contribution in [2.45, 2.75) is 37.2 Å². The molecule has 0 amide bonds. The largest absolute Gasteiger partial charge is 0.467 e. The van der Waals surface area contributed by atoms with E-state index in [-0.39, 0.29) is 5.97 Å². The van der Waals surface area contributed by atoms with Gasteiger partial charge in [0.2, 0.25) is 11.1 Å². The number of nitrogens with one attached hydrogen (secondary N) is 1. The van der Waals surface area contributed by atoms with E-state index in [0.29, 0.717) is 34.7 Å². The smallest absolute Gasteiger partial charge is 0.338 e. The van der Waals surface area contributed by atoms with Gasteiger partial charge in [0.05, 0.1) is 18.4 Å². The summed E-state index contributed by atoms with van der Waals surface area (Å²) in [6, 6.07) is 13.3. The molecule has 3 heterocycles. The first-order chi connectivity index (χ1) is 14.2. The molecule has 0 saturated carbocycles. The predicted molar refractivity (Wildman–Crippen MR) is 110 cm³/mol. The molecule has 0 fully saturated rings. The molecule has 7 nitrogen and oxygen atoms in total. The third-order valence-corrected chi connectivity index (χ3v) is 5.42. The van der Waals surface area contributed by atoms with Crippen LogP contribution in [-0.4, -0.2) is 27.3 Å². The van der Waals surface area contributed by atoms with Gasteiger partial charge in [0.15, 0.2) is 0 Å². The zero-order valence-corrected chi connectivity index (χ0v) is 17.1. The third-order valence-electron chi connectivity index (χ3n) is 4.51. The molecule has 2 aromatic heterocycles. The van der Waals surface area contributed by atoms with Crippen LogP contribution in [0.15, 0.2) is 69.6 Å². The standard InChI is InChI=1S/C21H22N4O3S/c1-3-11-28-19(26)17-14(2)22-20-23-21(29-13-15-8-5-4-6-9-15)24-25(20)18(17)16-10-7-12-27-16/h4-10,12,18H,3,11,13H2,1-2H3,(H,22,23,24). The van der Waals surface area contributed by atoms with Gasteiger partial charge < -0.3 is 14.5 Å². The first kappa shape index (κ1) is 19.3. The van der Waals surface area contributed by atoms with Gasteiger partial charge in [-0.05, 0) is 31.0 Å². The number of rotatable bonds is 7. The van der Waals surface area contributed by atoms with Gasteiger partial charge in [-0.2, -0.15) is 4.98 Å². The van der Waals surface area contributed by atoms with Crippen LogP contribution in [0.2, 0.25) is 0 Å². The van der Waals surface area contributed by atoms with Crippen molar-refractivity contribution in [2.24, 2.45) is 0 Å². The van der Waals surface area contributed by atoms with E-state index in [4.69, 9.17) is 9.15 Å². The molecular formula is C21H22N4O3S. The number of furan rings is 1. The Morgan fingerprint density at radius 2 is 2.10 bits per heavy atom. The molecule has 3 aromatic rings. The Morgan fingerprint density at radius 1 is 1.28 bits per heavy atom. The molecule has 1 aliphatic heterocycles. The van der Waals surface area contributed by atoms with Crippen molar-refractivity contribution in [3.8, 4) is 0 Å². The molecule has 1 atom stereocenters. The molecule has 0 bridgehead atoms. The number of allylic oxidation sites excluding steroid dienone is 1. The number of aromatic nitrogens is 3. The first-order valence-electron chi connectivity index (χ1n) is 9.49. The van der Waals surface area contributed by atoms with E-state index in [1.807, 2.05) is 38.1 Å². The number of nitrogens with zero attached hydrogens (tertiary/aromatic N) is 3. The third kappa shape index (κ3) is 4.07. The fourth-order valence-electron chi connectivity index (χ4n) is 3.16. The van der Waals surface area contributed by atoms with Crippen LogP contribution < -0.4 is 5.32 Å². The molecular weight excluding hydrogens is 388 g/mol. The van der Waals surface area contributed by atoms with E-state index in [2.05, 4.69) is 27.5 Å². The molecule has 1 aromatic carbocycles. The summed E-state index contributed by atoms with van der Waals surface area (Å²) in [5.41, 5.74) is 2.36. The topological polar surface area (TPSA) is 82.2 Å². The van der Waals surface area contributed by atoms with Crippen LogP contribution in [0.1, 0.15) is 37.6 Å². The van der Waals surface area contributed by atoms with E-state index in [1.165, 1.54) is 5.56 Å². The van der Waals surface area contributed by atoms with E-state index in [9.17, 15) is 4.79 Å². The highest BCUT2D eigenvalue weighted by atomic mass is 32.2. The summed E-state index contributed by atoms with van der Waals surface area (Å²) in [6.07, 6.45) is 2.34. The minimum Gasteiger partial charge on any atom is -0.467 e. The number of benzene rings is 1. The average molecular weight is 410 g/mol. The Hall–Kier alpha value is -3.00. The zero-order chi connectivity index (χ0) is 20.2. The quantitative estimate of drug-likeness (QED) is 0.456. The van der Waals surface area contributed by atoms with Crippen LogP contribution in [0.4, 0.5) is 5.95 Å². The fraction of sp³-hybridized carbons (Fsp3) is 0.286. The van der Waals surface area contributed by atoms with Crippen molar-refractivity contribution >= 4 is 23.7 Å². The van der Waals surface area contributed by atoms with Gasteiger partial charge >= 0.3 is 5.97 Å². The molecule has 1 aliphatic rings. The second-order valence-electron chi connectivity index (χ2n) is 6.65. The van der Waals surface area contributed by atoms with Gasteiger partial charge in [-0.3, -0.25) is 0 Å². The lowest BCUT2D eigenvalue weighted by molar-refractivity contribution is -0.139. The van der Waals surface area contributed by atoms with Gasteiger partial charge in [0, 0.05) is 11.4 Å². The van der Waals surface area contributed by atoms with Gasteiger partial charge in [0.1, 0.15) is 11.8 Å². The minimum atomic E-state index is -0.524. The van der Waals surface area contributed by atoms with Crippen molar-refractivity contribution in [3.63, 3.8) is 0 Å². The maximum atomic E-state index is 12.8. The van der Waals surface area contributed by atoms with Crippen molar-refractivity contribution in [1.29, 1.82) is 0 Å². The highest BCUT2D eigenvalue weighted by Gasteiger charge is 2.36. The number of ether oxygens (including phenoxy) is 1. The lowest BCUT2D eigenvalue weighted by Gasteiger charge is -2.26. The maximum absolute atomic E-state index is 12.8. The van der Waals surface area contributed by atoms with Crippen LogP contribution in [0, 0.1) is 0 Å². The number of carbonyl (C=O) groups is 1. The zero-order valence-electron chi connectivity index (χ0n) is 16.3. The minimum absolute atomic E-state index is 0.364. The van der Waals surface area contributed by atoms with Crippen molar-refractivity contribution in [3.05, 3.63) is 71.3 Å². The Labute approximate surface area is 173 Å². The molecule has 8 heteroatoms. The molecule has 0 aliphatic carbocycles. The van der Waals surface area contributed by atoms with Crippen LogP contribution in [0.25, 0.3) is 0 Å². The Kier molecular flexibility index (Phi) is 5.71. The summed E-state index contributed by atoms with van der Waals surface area (Å²) in [7, 11) is 0. The molecule has 29 heavy (non-hydrogen) atoms. The first-order valence-corrected chi connectivity index (χ1v) is 10.5. The fourth-order valence-corrected chi connectivity index (χ4v) is 3.95. The highest BCUT2D eigenvalue weighted by Crippen LogP contribution is 2.37. The highest BCUT2D eigenvalue weighted by molar-refractivity contribution is 7.98. The summed E-state index contributed by atoms with van der Waals surface area (Å²) in [4.78, 5) is 17.4. The second kappa shape index (κ2) is 8.57. The Morgan fingerprint density at radius 3 is 2.83 bits per heavy atom. The number of carbonyl (C=O) groups excluding carboxylic acids is 1. The van der Waals surface area contributed by atoms with Crippen LogP contribution in [-0.2, 0) is 15.3 Å². The number of hydrogen-bond donors (Lipinski definition) is 1. The average Bonchev–Trinajstić information content (AvgIpc) is 3.40. The molecule has 0 spiro atoms. The normalized spacial score (nSPS) is 15.7. The van der Waals surface area contributed by atoms with E-state index >= 15 is 0 Å². The number of hydrogen-bond acceptors (Lipinski definition) is 7. The SMILES string of the molecule is CCCOC(=O)C1=C(C)Nc2nc(SCc3ccccc3)nn2C1c1ccco1. The number of esters is 1. The van der Waals surface area contributed by atoms with E-state index in [1.54, 1.807) is 28.8 Å². The van der Waals surface area contributed by atoms with Crippen molar-refractivity contribution in [1.82, 2.24) is 14.8 Å². The lowest BCUT2D eigenvalue weighted by Crippen LogP contribution is -2.29. The van der Waals surface area contributed by atoms with Gasteiger partial charge in [0.25, 0.3) is 0 Å². The summed E-state index contributed by atoms with van der Waals surface area (Å²) >= 11 is 1.54. The van der Waals surface area contributed by atoms with Gasteiger partial charge in [-0.1, -0.05) is 49.0 Å². The lowest BCUT2D eigenvalue weighted by atomic mass is 10.0. The number of thioether (sulfide) groups is 1. The molecule has 150 valence electrons. The molecule has 4 rings (SSSR count). The molecule has 0 radical (unpaired) electrons. The van der Waals surface area contributed by atoms with E-state index in [0.717, 1.165) is 12.2 Å². The maximum Gasteiger partial charge on any atom is 0.338 e. The number of fused-ring (bicyclic) bond motifs is 1. The van der Waals surface area contributed by atoms with Crippen LogP contribution >= 0.6 is 11.8 Å². The monoisotopic (exact) mass is 410 g/mol. The number of anilines is 1. The van der Waals surface area contributed by atoms with Gasteiger partial charge in [-0.25, -0.2) is 9.48 Å². The Bertz CT molecular complexity index is 1010. The second-order valence-corrected chi connectivity index (χ2v) is 7.60. The summed E-state index contributed by atoms with van der Waals surface area (Å²) in [5.74, 6) is 1.57. The molecule has 0 saturated heterocycles. The van der Waals surface area contributed by atoms with Crippen molar-refractivity contribution in [2.75, 3.05) is 11.9 Å².